The third-order valence-corrected chi connectivity index (χ3v) is 5.25. The molecule has 2 fully saturated rings. The summed E-state index contributed by atoms with van der Waals surface area (Å²) in [6, 6.07) is 0. The van der Waals surface area contributed by atoms with Crippen LogP contribution in [0.4, 0.5) is 0 Å². The summed E-state index contributed by atoms with van der Waals surface area (Å²) < 4.78 is 0. The number of carbonyl (C=O) groups is 2. The molecule has 2 atom stereocenters. The third-order valence-electron chi connectivity index (χ3n) is 5.25. The van der Waals surface area contributed by atoms with E-state index in [9.17, 15) is 9.59 Å². The summed E-state index contributed by atoms with van der Waals surface area (Å²) in [5.74, 6) is 0.283. The molecule has 0 aromatic rings. The Morgan fingerprint density at radius 1 is 1.38 bits per heavy atom. The molecule has 2 aliphatic rings. The molecule has 3 N–H and O–H groups in total. The molecule has 5 nitrogen and oxygen atoms in total. The van der Waals surface area contributed by atoms with Crippen molar-refractivity contribution in [3.8, 4) is 0 Å². The van der Waals surface area contributed by atoms with Crippen LogP contribution in [0.3, 0.4) is 0 Å². The Morgan fingerprint density at radius 2 is 2.14 bits per heavy atom. The lowest BCUT2D eigenvalue weighted by molar-refractivity contribution is -0.142. The Hall–Kier alpha value is -1.10. The predicted molar refractivity (Wildman–Crippen MR) is 80.9 cm³/mol. The maximum absolute atomic E-state index is 12.1. The molecule has 0 aromatic carbocycles. The van der Waals surface area contributed by atoms with E-state index < -0.39 is 5.97 Å². The van der Waals surface area contributed by atoms with Gasteiger partial charge in [-0.3, -0.25) is 9.59 Å². The normalized spacial score (nSPS) is 25.7. The van der Waals surface area contributed by atoms with E-state index in [1.807, 2.05) is 0 Å². The van der Waals surface area contributed by atoms with Gasteiger partial charge in [-0.05, 0) is 56.0 Å². The topological polar surface area (TPSA) is 78.4 Å². The molecule has 1 aliphatic heterocycles. The Bertz CT molecular complexity index is 374. The third kappa shape index (κ3) is 4.70. The SMILES string of the molecule is CC(CC(=O)NCC1(CC(=O)O)CCC1)C1CCCNC1. The van der Waals surface area contributed by atoms with Gasteiger partial charge >= 0.3 is 5.97 Å². The van der Waals surface area contributed by atoms with Gasteiger partial charge in [0, 0.05) is 13.0 Å². The van der Waals surface area contributed by atoms with Crippen LogP contribution in [-0.2, 0) is 9.59 Å². The van der Waals surface area contributed by atoms with Crippen molar-refractivity contribution >= 4 is 11.9 Å². The Balaban J connectivity index is 1.72. The molecule has 0 radical (unpaired) electrons. The number of carboxylic acid groups (broad SMARTS) is 1. The van der Waals surface area contributed by atoms with Crippen LogP contribution in [0.25, 0.3) is 0 Å². The summed E-state index contributed by atoms with van der Waals surface area (Å²) in [7, 11) is 0. The number of piperidine rings is 1. The second-order valence-electron chi connectivity index (χ2n) is 6.99. The standard InChI is InChI=1S/C16H28N2O3/c1-12(13-4-2-7-17-10-13)8-14(19)18-11-16(5-3-6-16)9-15(20)21/h12-13,17H,2-11H2,1H3,(H,18,19)(H,20,21). The fraction of sp³-hybridized carbons (Fsp3) is 0.875. The van der Waals surface area contributed by atoms with Gasteiger partial charge in [0.2, 0.25) is 5.91 Å². The Labute approximate surface area is 126 Å². The molecular formula is C16H28N2O3. The highest BCUT2D eigenvalue weighted by Gasteiger charge is 2.39. The first-order chi connectivity index (χ1) is 10.0. The van der Waals surface area contributed by atoms with E-state index in [1.54, 1.807) is 0 Å². The van der Waals surface area contributed by atoms with E-state index in [0.717, 1.165) is 32.4 Å². The van der Waals surface area contributed by atoms with Gasteiger partial charge in [0.25, 0.3) is 0 Å². The summed E-state index contributed by atoms with van der Waals surface area (Å²) in [5.41, 5.74) is -0.183. The smallest absolute Gasteiger partial charge is 0.303 e. The van der Waals surface area contributed by atoms with E-state index in [-0.39, 0.29) is 17.7 Å². The average Bonchev–Trinajstić information content (AvgIpc) is 2.42. The molecular weight excluding hydrogens is 268 g/mol. The Morgan fingerprint density at radius 3 is 2.67 bits per heavy atom. The highest BCUT2D eigenvalue weighted by molar-refractivity contribution is 5.76. The maximum Gasteiger partial charge on any atom is 0.303 e. The summed E-state index contributed by atoms with van der Waals surface area (Å²) in [6.07, 6.45) is 6.03. The molecule has 0 bridgehead atoms. The fourth-order valence-electron chi connectivity index (χ4n) is 3.60. The average molecular weight is 296 g/mol. The molecule has 1 saturated carbocycles. The molecule has 1 amide bonds. The highest BCUT2D eigenvalue weighted by Crippen LogP contribution is 2.43. The van der Waals surface area contributed by atoms with Crippen LogP contribution < -0.4 is 10.6 Å². The quantitative estimate of drug-likeness (QED) is 0.669. The summed E-state index contributed by atoms with van der Waals surface area (Å²) in [5, 5.41) is 15.3. The van der Waals surface area contributed by atoms with Crippen molar-refractivity contribution < 1.29 is 14.7 Å². The second-order valence-corrected chi connectivity index (χ2v) is 6.99. The Kier molecular flexibility index (Phi) is 5.62. The van der Waals surface area contributed by atoms with Gasteiger partial charge in [-0.15, -0.1) is 0 Å². The van der Waals surface area contributed by atoms with Crippen LogP contribution in [0.1, 0.15) is 51.9 Å². The van der Waals surface area contributed by atoms with Gasteiger partial charge in [0.1, 0.15) is 0 Å². The van der Waals surface area contributed by atoms with Crippen molar-refractivity contribution in [2.45, 2.75) is 51.9 Å². The van der Waals surface area contributed by atoms with E-state index in [0.29, 0.717) is 24.8 Å². The van der Waals surface area contributed by atoms with E-state index >= 15 is 0 Å². The number of hydrogen-bond donors (Lipinski definition) is 3. The largest absolute Gasteiger partial charge is 0.481 e. The van der Waals surface area contributed by atoms with Gasteiger partial charge in [-0.1, -0.05) is 13.3 Å². The minimum Gasteiger partial charge on any atom is -0.481 e. The molecule has 1 aliphatic carbocycles. The van der Waals surface area contributed by atoms with Gasteiger partial charge in [-0.25, -0.2) is 0 Å². The summed E-state index contributed by atoms with van der Waals surface area (Å²) >= 11 is 0. The number of aliphatic carboxylic acids is 1. The predicted octanol–water partition coefficient (Wildman–Crippen LogP) is 1.77. The zero-order chi connectivity index (χ0) is 15.3. The lowest BCUT2D eigenvalue weighted by Gasteiger charge is -2.41. The number of amides is 1. The van der Waals surface area contributed by atoms with Crippen molar-refractivity contribution in [3.63, 3.8) is 0 Å². The van der Waals surface area contributed by atoms with Gasteiger partial charge in [0.15, 0.2) is 0 Å². The van der Waals surface area contributed by atoms with Crippen molar-refractivity contribution in [2.24, 2.45) is 17.3 Å². The van der Waals surface area contributed by atoms with E-state index in [2.05, 4.69) is 17.6 Å². The fourth-order valence-corrected chi connectivity index (χ4v) is 3.60. The van der Waals surface area contributed by atoms with Gasteiger partial charge in [0.05, 0.1) is 6.42 Å². The number of carbonyl (C=O) groups excluding carboxylic acids is 1. The number of carboxylic acids is 1. The zero-order valence-electron chi connectivity index (χ0n) is 13.0. The van der Waals surface area contributed by atoms with Crippen molar-refractivity contribution in [2.75, 3.05) is 19.6 Å². The first-order valence-corrected chi connectivity index (χ1v) is 8.20. The van der Waals surface area contributed by atoms with Crippen molar-refractivity contribution in [1.29, 1.82) is 0 Å². The number of hydrogen-bond acceptors (Lipinski definition) is 3. The van der Waals surface area contributed by atoms with Crippen LogP contribution in [0, 0.1) is 17.3 Å². The second kappa shape index (κ2) is 7.25. The molecule has 21 heavy (non-hydrogen) atoms. The molecule has 1 heterocycles. The molecule has 2 rings (SSSR count). The van der Waals surface area contributed by atoms with Crippen LogP contribution >= 0.6 is 0 Å². The number of rotatable bonds is 7. The minimum atomic E-state index is -0.759. The molecule has 5 heteroatoms. The van der Waals surface area contributed by atoms with E-state index in [4.69, 9.17) is 5.11 Å². The molecule has 1 saturated heterocycles. The molecule has 2 unspecified atom stereocenters. The summed E-state index contributed by atoms with van der Waals surface area (Å²) in [4.78, 5) is 23.0. The first-order valence-electron chi connectivity index (χ1n) is 8.20. The lowest BCUT2D eigenvalue weighted by Crippen LogP contribution is -2.44. The molecule has 120 valence electrons. The zero-order valence-corrected chi connectivity index (χ0v) is 13.0. The van der Waals surface area contributed by atoms with Gasteiger partial charge < -0.3 is 15.7 Å². The monoisotopic (exact) mass is 296 g/mol. The lowest BCUT2D eigenvalue weighted by atomic mass is 9.66. The number of nitrogens with one attached hydrogen (secondary N) is 2. The van der Waals surface area contributed by atoms with Crippen molar-refractivity contribution in [3.05, 3.63) is 0 Å². The van der Waals surface area contributed by atoms with Crippen LogP contribution in [0.5, 0.6) is 0 Å². The summed E-state index contributed by atoms with van der Waals surface area (Å²) in [6.45, 7) is 4.77. The molecule has 0 aromatic heterocycles. The first kappa shape index (κ1) is 16.3. The highest BCUT2D eigenvalue weighted by atomic mass is 16.4. The van der Waals surface area contributed by atoms with Gasteiger partial charge in [-0.2, -0.15) is 0 Å². The van der Waals surface area contributed by atoms with Crippen molar-refractivity contribution in [1.82, 2.24) is 10.6 Å². The van der Waals surface area contributed by atoms with Crippen LogP contribution in [0.15, 0.2) is 0 Å². The maximum atomic E-state index is 12.1. The van der Waals surface area contributed by atoms with Crippen LogP contribution in [-0.4, -0.2) is 36.6 Å². The van der Waals surface area contributed by atoms with Crippen LogP contribution in [0.2, 0.25) is 0 Å². The molecule has 0 spiro atoms. The van der Waals surface area contributed by atoms with E-state index in [1.165, 1.54) is 12.8 Å². The minimum absolute atomic E-state index is 0.0738.